The fourth-order valence-corrected chi connectivity index (χ4v) is 3.03. The van der Waals surface area contributed by atoms with Gasteiger partial charge in [-0.05, 0) is 24.7 Å². The number of rotatable bonds is 4. The number of carbonyl (C=O) groups excluding carboxylic acids is 2. The molecule has 1 aromatic rings. The van der Waals surface area contributed by atoms with E-state index in [4.69, 9.17) is 17.0 Å². The summed E-state index contributed by atoms with van der Waals surface area (Å²) in [5, 5.41) is 14.1. The van der Waals surface area contributed by atoms with Crippen LogP contribution in [0.5, 0.6) is 0 Å². The van der Waals surface area contributed by atoms with E-state index in [9.17, 15) is 19.7 Å². The van der Waals surface area contributed by atoms with Crippen LogP contribution in [-0.4, -0.2) is 33.9 Å². The molecule has 8 nitrogen and oxygen atoms in total. The second-order valence-corrected chi connectivity index (χ2v) is 5.72. The van der Waals surface area contributed by atoms with Crippen LogP contribution >= 0.6 is 12.2 Å². The highest BCUT2D eigenvalue weighted by molar-refractivity contribution is 7.80. The Labute approximate surface area is 149 Å². The maximum atomic E-state index is 12.4. The van der Waals surface area contributed by atoms with Gasteiger partial charge in [0.05, 0.1) is 23.6 Å². The van der Waals surface area contributed by atoms with Crippen molar-refractivity contribution in [2.45, 2.75) is 26.3 Å². The van der Waals surface area contributed by atoms with E-state index < -0.39 is 16.9 Å². The monoisotopic (exact) mass is 363 g/mol. The Morgan fingerprint density at radius 3 is 2.68 bits per heavy atom. The van der Waals surface area contributed by atoms with Gasteiger partial charge in [-0.25, -0.2) is 4.79 Å². The minimum absolute atomic E-state index is 0.133. The van der Waals surface area contributed by atoms with Gasteiger partial charge in [0, 0.05) is 24.3 Å². The number of amides is 1. The van der Waals surface area contributed by atoms with E-state index in [-0.39, 0.29) is 28.7 Å². The van der Waals surface area contributed by atoms with Crippen molar-refractivity contribution in [3.05, 3.63) is 51.2 Å². The summed E-state index contributed by atoms with van der Waals surface area (Å²) < 4.78 is 4.83. The molecule has 1 unspecified atom stereocenters. The van der Waals surface area contributed by atoms with E-state index in [1.165, 1.54) is 30.2 Å². The quantitative estimate of drug-likeness (QED) is 0.379. The minimum atomic E-state index is -0.895. The van der Waals surface area contributed by atoms with Crippen molar-refractivity contribution in [1.82, 2.24) is 10.2 Å². The van der Waals surface area contributed by atoms with Gasteiger partial charge in [-0.1, -0.05) is 19.1 Å². The first-order valence-corrected chi connectivity index (χ1v) is 7.89. The van der Waals surface area contributed by atoms with Crippen molar-refractivity contribution >= 4 is 34.9 Å². The van der Waals surface area contributed by atoms with Crippen LogP contribution in [0.2, 0.25) is 0 Å². The number of benzene rings is 1. The number of non-ortho nitro benzene ring substituents is 1. The number of hydrogen-bond acceptors (Lipinski definition) is 6. The molecule has 1 aliphatic rings. The molecular weight excluding hydrogens is 346 g/mol. The summed E-state index contributed by atoms with van der Waals surface area (Å²) in [6.45, 7) is 3.30. The number of nitrogens with one attached hydrogen (secondary N) is 1. The first kappa shape index (κ1) is 18.5. The first-order chi connectivity index (χ1) is 11.8. The summed E-state index contributed by atoms with van der Waals surface area (Å²) in [5.74, 6) is -0.958. The lowest BCUT2D eigenvalue weighted by Crippen LogP contribution is -2.50. The molecule has 0 saturated heterocycles. The maximum Gasteiger partial charge on any atom is 0.337 e. The van der Waals surface area contributed by atoms with Gasteiger partial charge in [0.25, 0.3) is 5.69 Å². The Morgan fingerprint density at radius 2 is 2.12 bits per heavy atom. The van der Waals surface area contributed by atoms with Crippen LogP contribution in [0.15, 0.2) is 35.5 Å². The number of nitrogens with zero attached hydrogens (tertiary/aromatic N) is 2. The first-order valence-electron chi connectivity index (χ1n) is 7.48. The van der Waals surface area contributed by atoms with Crippen LogP contribution in [0.3, 0.4) is 0 Å². The molecule has 0 saturated carbocycles. The number of nitro groups is 1. The third-order valence-electron chi connectivity index (χ3n) is 3.82. The Morgan fingerprint density at radius 1 is 1.44 bits per heavy atom. The lowest BCUT2D eigenvalue weighted by atomic mass is 9.93. The van der Waals surface area contributed by atoms with E-state index >= 15 is 0 Å². The van der Waals surface area contributed by atoms with Gasteiger partial charge in [0.2, 0.25) is 5.91 Å². The van der Waals surface area contributed by atoms with E-state index in [0.717, 1.165) is 0 Å². The number of hydrogen-bond donors (Lipinski definition) is 1. The number of thiocarbonyl (C=S) groups is 1. The van der Waals surface area contributed by atoms with Crippen LogP contribution in [0.25, 0.3) is 0 Å². The molecule has 2 rings (SSSR count). The summed E-state index contributed by atoms with van der Waals surface area (Å²) in [5.41, 5.74) is 0.874. The number of esters is 1. The highest BCUT2D eigenvalue weighted by atomic mass is 32.1. The smallest absolute Gasteiger partial charge is 0.337 e. The summed E-state index contributed by atoms with van der Waals surface area (Å²) in [4.78, 5) is 36.6. The summed E-state index contributed by atoms with van der Waals surface area (Å²) in [6, 6.07) is 4.87. The number of carbonyl (C=O) groups is 2. The molecule has 9 heteroatoms. The van der Waals surface area contributed by atoms with Crippen LogP contribution in [-0.2, 0) is 14.3 Å². The van der Waals surface area contributed by atoms with Crippen LogP contribution in [0.4, 0.5) is 5.69 Å². The van der Waals surface area contributed by atoms with Gasteiger partial charge in [-0.2, -0.15) is 0 Å². The molecule has 132 valence electrons. The van der Waals surface area contributed by atoms with E-state index in [1.54, 1.807) is 19.9 Å². The molecule has 1 amide bonds. The molecule has 0 aliphatic carbocycles. The van der Waals surface area contributed by atoms with Crippen LogP contribution in [0, 0.1) is 10.1 Å². The average Bonchev–Trinajstić information content (AvgIpc) is 2.59. The van der Waals surface area contributed by atoms with Gasteiger partial charge in [-0.15, -0.1) is 0 Å². The molecule has 1 atom stereocenters. The molecule has 0 radical (unpaired) electrons. The zero-order valence-corrected chi connectivity index (χ0v) is 14.8. The summed E-state index contributed by atoms with van der Waals surface area (Å²) in [7, 11) is 1.23. The predicted molar refractivity (Wildman–Crippen MR) is 93.4 cm³/mol. The predicted octanol–water partition coefficient (Wildman–Crippen LogP) is 2.21. The molecule has 25 heavy (non-hydrogen) atoms. The Bertz CT molecular complexity index is 790. The van der Waals surface area contributed by atoms with Crippen molar-refractivity contribution in [1.29, 1.82) is 0 Å². The lowest BCUT2D eigenvalue weighted by molar-refractivity contribution is -0.384. The largest absolute Gasteiger partial charge is 0.466 e. The number of ether oxygens (including phenoxy) is 1. The minimum Gasteiger partial charge on any atom is -0.466 e. The standard InChI is InChI=1S/C16H17N3O5S/c1-4-12(20)18-14(10-6-5-7-11(8-10)19(22)23)13(15(21)24-3)9(2)17-16(18)25/h5-8,14H,4H2,1-3H3,(H,17,25). The summed E-state index contributed by atoms with van der Waals surface area (Å²) >= 11 is 5.26. The van der Waals surface area contributed by atoms with Gasteiger partial charge < -0.3 is 10.1 Å². The van der Waals surface area contributed by atoms with Gasteiger partial charge in [0.15, 0.2) is 5.11 Å². The van der Waals surface area contributed by atoms with Gasteiger partial charge in [0.1, 0.15) is 0 Å². The van der Waals surface area contributed by atoms with Gasteiger partial charge in [-0.3, -0.25) is 19.8 Å². The Hall–Kier alpha value is -2.81. The second kappa shape index (κ2) is 7.39. The third kappa shape index (κ3) is 3.50. The molecule has 1 aliphatic heterocycles. The maximum absolute atomic E-state index is 12.4. The molecular formula is C16H17N3O5S. The van der Waals surface area contributed by atoms with Crippen molar-refractivity contribution in [3.8, 4) is 0 Å². The van der Waals surface area contributed by atoms with E-state index in [2.05, 4.69) is 5.32 Å². The molecule has 1 N–H and O–H groups in total. The normalized spacial score (nSPS) is 17.2. The average molecular weight is 363 g/mol. The van der Waals surface area contributed by atoms with Crippen LogP contribution < -0.4 is 5.32 Å². The number of methoxy groups -OCH3 is 1. The van der Waals surface area contributed by atoms with E-state index in [1.807, 2.05) is 0 Å². The molecule has 0 bridgehead atoms. The highest BCUT2D eigenvalue weighted by Gasteiger charge is 2.39. The third-order valence-corrected chi connectivity index (χ3v) is 4.12. The number of allylic oxidation sites excluding steroid dienone is 1. The molecule has 0 aromatic heterocycles. The van der Waals surface area contributed by atoms with Crippen molar-refractivity contribution in [2.24, 2.45) is 0 Å². The van der Waals surface area contributed by atoms with Crippen molar-refractivity contribution < 1.29 is 19.2 Å². The van der Waals surface area contributed by atoms with Crippen molar-refractivity contribution in [2.75, 3.05) is 7.11 Å². The highest BCUT2D eigenvalue weighted by Crippen LogP contribution is 2.36. The summed E-state index contributed by atoms with van der Waals surface area (Å²) in [6.07, 6.45) is 0.154. The van der Waals surface area contributed by atoms with Crippen molar-refractivity contribution in [3.63, 3.8) is 0 Å². The number of nitro benzene ring substituents is 1. The molecule has 1 heterocycles. The van der Waals surface area contributed by atoms with Gasteiger partial charge >= 0.3 is 5.97 Å². The lowest BCUT2D eigenvalue weighted by Gasteiger charge is -2.38. The topological polar surface area (TPSA) is 102 Å². The SMILES string of the molecule is CCC(=O)N1C(=S)NC(C)=C(C(=O)OC)C1c1cccc([N+](=O)[O-])c1. The van der Waals surface area contributed by atoms with Crippen LogP contribution in [0.1, 0.15) is 31.9 Å². The zero-order valence-electron chi connectivity index (χ0n) is 13.9. The molecule has 1 aromatic carbocycles. The van der Waals surface area contributed by atoms with E-state index in [0.29, 0.717) is 11.3 Å². The molecule has 0 fully saturated rings. The fraction of sp³-hybridized carbons (Fsp3) is 0.312. The molecule has 0 spiro atoms. The zero-order chi connectivity index (χ0) is 18.7. The Kier molecular flexibility index (Phi) is 5.48. The Balaban J connectivity index is 2.70. The fourth-order valence-electron chi connectivity index (χ4n) is 2.67. The second-order valence-electron chi connectivity index (χ2n) is 5.33.